The number of hydrogen-bond donors (Lipinski definition) is 1. The van der Waals surface area contributed by atoms with Crippen molar-refractivity contribution in [1.29, 1.82) is 0 Å². The molecule has 0 amide bonds. The van der Waals surface area contributed by atoms with E-state index in [1.807, 2.05) is 43.3 Å². The molecule has 1 atom stereocenters. The Bertz CT molecular complexity index is 665. The first-order valence-corrected chi connectivity index (χ1v) is 7.13. The van der Waals surface area contributed by atoms with Crippen molar-refractivity contribution in [3.63, 3.8) is 0 Å². The highest BCUT2D eigenvalue weighted by atomic mass is 19.1. The molecule has 2 aromatic carbocycles. The molecule has 2 aromatic rings. The van der Waals surface area contributed by atoms with Gasteiger partial charge in [0, 0.05) is 19.8 Å². The van der Waals surface area contributed by atoms with Crippen molar-refractivity contribution in [1.82, 2.24) is 0 Å². The van der Waals surface area contributed by atoms with Crippen LogP contribution >= 0.6 is 0 Å². The van der Waals surface area contributed by atoms with Crippen LogP contribution in [0.3, 0.4) is 0 Å². The zero-order valence-electron chi connectivity index (χ0n) is 13.0. The number of carboxylic acids is 1. The van der Waals surface area contributed by atoms with Gasteiger partial charge in [-0.2, -0.15) is 0 Å². The Morgan fingerprint density at radius 1 is 1.18 bits per heavy atom. The van der Waals surface area contributed by atoms with Crippen LogP contribution < -0.4 is 4.90 Å². The Hall–Kier alpha value is -2.36. The van der Waals surface area contributed by atoms with Gasteiger partial charge in [0.15, 0.2) is 0 Å². The fraction of sp³-hybridized carbons (Fsp3) is 0.278. The van der Waals surface area contributed by atoms with Crippen LogP contribution in [0.1, 0.15) is 22.6 Å². The molecule has 0 fully saturated rings. The lowest BCUT2D eigenvalue weighted by Crippen LogP contribution is -2.15. The molecule has 0 saturated carbocycles. The first-order chi connectivity index (χ1) is 10.4. The lowest BCUT2D eigenvalue weighted by atomic mass is 9.91. The van der Waals surface area contributed by atoms with Gasteiger partial charge in [-0.3, -0.25) is 4.79 Å². The molecular formula is C18H20FNO2. The van der Waals surface area contributed by atoms with E-state index < -0.39 is 11.9 Å². The maximum atomic E-state index is 13.7. The molecule has 22 heavy (non-hydrogen) atoms. The number of nitrogens with zero attached hydrogens (tertiary/aromatic N) is 1. The summed E-state index contributed by atoms with van der Waals surface area (Å²) in [6, 6.07) is 12.4. The van der Waals surface area contributed by atoms with Crippen LogP contribution in [0.25, 0.3) is 0 Å². The van der Waals surface area contributed by atoms with E-state index in [2.05, 4.69) is 0 Å². The minimum Gasteiger partial charge on any atom is -0.481 e. The molecule has 116 valence electrons. The van der Waals surface area contributed by atoms with Crippen molar-refractivity contribution in [2.75, 3.05) is 19.0 Å². The van der Waals surface area contributed by atoms with E-state index >= 15 is 0 Å². The van der Waals surface area contributed by atoms with Gasteiger partial charge in [0.2, 0.25) is 0 Å². The van der Waals surface area contributed by atoms with Gasteiger partial charge in [0.1, 0.15) is 5.82 Å². The average molecular weight is 301 g/mol. The maximum Gasteiger partial charge on any atom is 0.311 e. The highest BCUT2D eigenvalue weighted by Crippen LogP contribution is 2.24. The molecule has 0 aliphatic carbocycles. The molecule has 0 radical (unpaired) electrons. The number of carbonyl (C=O) groups is 1. The zero-order chi connectivity index (χ0) is 16.3. The number of aryl methyl sites for hydroxylation is 1. The minimum absolute atomic E-state index is 0.339. The van der Waals surface area contributed by atoms with Crippen molar-refractivity contribution in [3.05, 3.63) is 65.0 Å². The summed E-state index contributed by atoms with van der Waals surface area (Å²) in [5, 5.41) is 9.46. The standard InChI is InChI=1S/C18H20FNO2/c1-12-4-7-14(11-17(12)19)16(18(21)22)10-13-5-8-15(9-6-13)20(2)3/h4-9,11,16H,10H2,1-3H3,(H,21,22). The summed E-state index contributed by atoms with van der Waals surface area (Å²) in [6.45, 7) is 1.66. The summed E-state index contributed by atoms with van der Waals surface area (Å²) in [6.07, 6.45) is 0.339. The van der Waals surface area contributed by atoms with E-state index in [4.69, 9.17) is 0 Å². The second-order valence-corrected chi connectivity index (χ2v) is 5.66. The summed E-state index contributed by atoms with van der Waals surface area (Å²) < 4.78 is 13.7. The SMILES string of the molecule is Cc1ccc(C(Cc2ccc(N(C)C)cc2)C(=O)O)cc1F. The molecule has 0 aromatic heterocycles. The molecule has 0 aliphatic rings. The van der Waals surface area contributed by atoms with Crippen LogP contribution in [0.5, 0.6) is 0 Å². The van der Waals surface area contributed by atoms with E-state index in [-0.39, 0.29) is 5.82 Å². The predicted molar refractivity (Wildman–Crippen MR) is 86.0 cm³/mol. The van der Waals surface area contributed by atoms with Gasteiger partial charge in [-0.1, -0.05) is 24.3 Å². The van der Waals surface area contributed by atoms with Crippen molar-refractivity contribution < 1.29 is 14.3 Å². The van der Waals surface area contributed by atoms with Crippen LogP contribution in [-0.2, 0) is 11.2 Å². The maximum absolute atomic E-state index is 13.7. The molecule has 0 heterocycles. The number of carboxylic acid groups (broad SMARTS) is 1. The van der Waals surface area contributed by atoms with Crippen LogP contribution in [0.15, 0.2) is 42.5 Å². The van der Waals surface area contributed by atoms with Crippen molar-refractivity contribution in [3.8, 4) is 0 Å². The van der Waals surface area contributed by atoms with Gasteiger partial charge in [-0.05, 0) is 48.2 Å². The van der Waals surface area contributed by atoms with E-state index in [1.165, 1.54) is 6.07 Å². The Balaban J connectivity index is 2.25. The summed E-state index contributed by atoms with van der Waals surface area (Å²) in [7, 11) is 3.90. The third-order valence-corrected chi connectivity index (χ3v) is 3.79. The molecule has 1 unspecified atom stereocenters. The van der Waals surface area contributed by atoms with Crippen LogP contribution in [0.2, 0.25) is 0 Å². The van der Waals surface area contributed by atoms with Gasteiger partial charge in [0.05, 0.1) is 5.92 Å². The van der Waals surface area contributed by atoms with Crippen molar-refractivity contribution in [2.24, 2.45) is 0 Å². The number of rotatable bonds is 5. The molecule has 2 rings (SSSR count). The van der Waals surface area contributed by atoms with Gasteiger partial charge in [-0.15, -0.1) is 0 Å². The summed E-state index contributed by atoms with van der Waals surface area (Å²) in [4.78, 5) is 13.5. The molecule has 0 spiro atoms. The first kappa shape index (κ1) is 16.0. The average Bonchev–Trinajstić information content (AvgIpc) is 2.48. The molecule has 1 N–H and O–H groups in total. The van der Waals surface area contributed by atoms with Crippen molar-refractivity contribution in [2.45, 2.75) is 19.3 Å². The molecule has 0 bridgehead atoms. The van der Waals surface area contributed by atoms with Crippen LogP contribution in [-0.4, -0.2) is 25.2 Å². The van der Waals surface area contributed by atoms with Gasteiger partial charge >= 0.3 is 5.97 Å². The Morgan fingerprint density at radius 3 is 2.32 bits per heavy atom. The second kappa shape index (κ2) is 6.60. The molecule has 0 aliphatic heterocycles. The fourth-order valence-corrected chi connectivity index (χ4v) is 2.34. The van der Waals surface area contributed by atoms with E-state index in [0.29, 0.717) is 17.5 Å². The normalized spacial score (nSPS) is 12.0. The number of aliphatic carboxylic acids is 1. The third kappa shape index (κ3) is 3.64. The number of benzene rings is 2. The lowest BCUT2D eigenvalue weighted by molar-refractivity contribution is -0.138. The highest BCUT2D eigenvalue weighted by Gasteiger charge is 2.21. The number of hydrogen-bond acceptors (Lipinski definition) is 2. The topological polar surface area (TPSA) is 40.5 Å². The first-order valence-electron chi connectivity index (χ1n) is 7.13. The minimum atomic E-state index is -0.945. The van der Waals surface area contributed by atoms with Gasteiger partial charge in [0.25, 0.3) is 0 Å². The summed E-state index contributed by atoms with van der Waals surface area (Å²) in [5.41, 5.74) is 2.98. The third-order valence-electron chi connectivity index (χ3n) is 3.79. The predicted octanol–water partition coefficient (Wildman–Crippen LogP) is 3.61. The Kier molecular flexibility index (Phi) is 4.81. The molecular weight excluding hydrogens is 281 g/mol. The number of halogens is 1. The fourth-order valence-electron chi connectivity index (χ4n) is 2.34. The van der Waals surface area contributed by atoms with Gasteiger partial charge in [-0.25, -0.2) is 4.39 Å². The molecule has 0 saturated heterocycles. The molecule has 3 nitrogen and oxygen atoms in total. The largest absolute Gasteiger partial charge is 0.481 e. The quantitative estimate of drug-likeness (QED) is 0.917. The monoisotopic (exact) mass is 301 g/mol. The zero-order valence-corrected chi connectivity index (χ0v) is 13.0. The van der Waals surface area contributed by atoms with Crippen LogP contribution in [0, 0.1) is 12.7 Å². The Labute approximate surface area is 130 Å². The van der Waals surface area contributed by atoms with E-state index in [1.54, 1.807) is 19.1 Å². The highest BCUT2D eigenvalue weighted by molar-refractivity contribution is 5.76. The van der Waals surface area contributed by atoms with Crippen LogP contribution in [0.4, 0.5) is 10.1 Å². The number of anilines is 1. The van der Waals surface area contributed by atoms with Crippen molar-refractivity contribution >= 4 is 11.7 Å². The lowest BCUT2D eigenvalue weighted by Gasteiger charge is -2.16. The van der Waals surface area contributed by atoms with E-state index in [9.17, 15) is 14.3 Å². The summed E-state index contributed by atoms with van der Waals surface area (Å²) in [5.74, 6) is -2.06. The smallest absolute Gasteiger partial charge is 0.311 e. The molecule has 4 heteroatoms. The Morgan fingerprint density at radius 2 is 1.82 bits per heavy atom. The second-order valence-electron chi connectivity index (χ2n) is 5.66. The van der Waals surface area contributed by atoms with E-state index in [0.717, 1.165) is 11.3 Å². The van der Waals surface area contributed by atoms with Gasteiger partial charge < -0.3 is 10.0 Å². The summed E-state index contributed by atoms with van der Waals surface area (Å²) >= 11 is 0.